The number of esters is 2. The summed E-state index contributed by atoms with van der Waals surface area (Å²) in [5.74, 6) is -1.12. The molecule has 0 rings (SSSR count). The van der Waals surface area contributed by atoms with E-state index >= 15 is 0 Å². The van der Waals surface area contributed by atoms with Gasteiger partial charge in [0.1, 0.15) is 0 Å². The van der Waals surface area contributed by atoms with Gasteiger partial charge in [-0.25, -0.2) is 0 Å². The smallest absolute Gasteiger partial charge is 0.310 e. The fourth-order valence-corrected chi connectivity index (χ4v) is 0.202. The molecule has 0 atom stereocenters. The molecule has 0 saturated carbocycles. The lowest BCUT2D eigenvalue weighted by molar-refractivity contribution is -0.156. The van der Waals surface area contributed by atoms with Gasteiger partial charge in [-0.2, -0.15) is 0 Å². The van der Waals surface area contributed by atoms with Crippen molar-refractivity contribution in [3.63, 3.8) is 0 Å². The first-order valence-electron chi connectivity index (χ1n) is 2.84. The van der Waals surface area contributed by atoms with E-state index in [0.29, 0.717) is 0 Å². The van der Waals surface area contributed by atoms with Gasteiger partial charge < -0.3 is 9.84 Å². The summed E-state index contributed by atoms with van der Waals surface area (Å²) in [6.45, 7) is 4.29. The average molecular weight is 148 g/mol. The molecule has 0 aromatic rings. The second kappa shape index (κ2) is 8.10. The minimum Gasteiger partial charge on any atom is -0.397 e. The molecule has 0 heterocycles. The topological polar surface area (TPSA) is 63.6 Å². The predicted octanol–water partition coefficient (Wildman–Crippen LogP) is 0.0946. The number of carbonyl (C=O) groups excluding carboxylic acids is 2. The van der Waals surface area contributed by atoms with E-state index in [1.807, 2.05) is 0 Å². The molecule has 0 aliphatic carbocycles. The minimum absolute atomic E-state index is 0.250. The number of rotatable bonds is 0. The van der Waals surface area contributed by atoms with Crippen molar-refractivity contribution in [1.82, 2.24) is 0 Å². The minimum atomic E-state index is -0.562. The summed E-state index contributed by atoms with van der Waals surface area (Å²) < 4.78 is 3.97. The molecular weight excluding hydrogens is 136 g/mol. The number of aliphatic hydroxyl groups is 1. The molecule has 0 aromatic carbocycles. The third-order valence-electron chi connectivity index (χ3n) is 0.287. The third kappa shape index (κ3) is 27.5. The molecule has 0 aromatic heterocycles. The highest BCUT2D eigenvalue weighted by Gasteiger charge is 1.93. The Bertz CT molecular complexity index is 96.3. The SMILES string of the molecule is CC(=O)OC(C)=O.CCO. The van der Waals surface area contributed by atoms with Crippen LogP contribution in [-0.2, 0) is 14.3 Å². The van der Waals surface area contributed by atoms with Crippen LogP contribution in [0.25, 0.3) is 0 Å². The second-order valence-corrected chi connectivity index (χ2v) is 1.40. The predicted molar refractivity (Wildman–Crippen MR) is 35.2 cm³/mol. The van der Waals surface area contributed by atoms with Gasteiger partial charge in [0.25, 0.3) is 0 Å². The van der Waals surface area contributed by atoms with Crippen molar-refractivity contribution in [3.05, 3.63) is 0 Å². The van der Waals surface area contributed by atoms with Gasteiger partial charge in [0.15, 0.2) is 0 Å². The lowest BCUT2D eigenvalue weighted by atomic mass is 10.7. The van der Waals surface area contributed by atoms with Crippen LogP contribution < -0.4 is 0 Å². The third-order valence-corrected chi connectivity index (χ3v) is 0.287. The van der Waals surface area contributed by atoms with Crippen molar-refractivity contribution in [1.29, 1.82) is 0 Å². The van der Waals surface area contributed by atoms with E-state index in [0.717, 1.165) is 0 Å². The van der Waals surface area contributed by atoms with Crippen molar-refractivity contribution in [2.75, 3.05) is 6.61 Å². The van der Waals surface area contributed by atoms with E-state index in [1.165, 1.54) is 13.8 Å². The maximum Gasteiger partial charge on any atom is 0.310 e. The van der Waals surface area contributed by atoms with Gasteiger partial charge in [0.05, 0.1) is 0 Å². The fraction of sp³-hybridized carbons (Fsp3) is 0.667. The normalized spacial score (nSPS) is 7.20. The zero-order chi connectivity index (χ0) is 8.57. The van der Waals surface area contributed by atoms with Crippen molar-refractivity contribution in [2.45, 2.75) is 20.8 Å². The van der Waals surface area contributed by atoms with E-state index in [2.05, 4.69) is 4.74 Å². The van der Waals surface area contributed by atoms with Crippen LogP contribution in [0.4, 0.5) is 0 Å². The zero-order valence-corrected chi connectivity index (χ0v) is 6.38. The molecule has 60 valence electrons. The lowest BCUT2D eigenvalue weighted by Gasteiger charge is -1.87. The monoisotopic (exact) mass is 148 g/mol. The summed E-state index contributed by atoms with van der Waals surface area (Å²) in [6.07, 6.45) is 0. The molecule has 0 saturated heterocycles. The van der Waals surface area contributed by atoms with Crippen molar-refractivity contribution >= 4 is 11.9 Å². The molecule has 1 N–H and O–H groups in total. The molecule has 10 heavy (non-hydrogen) atoms. The Morgan fingerprint density at radius 2 is 1.50 bits per heavy atom. The van der Waals surface area contributed by atoms with Crippen LogP contribution in [0.1, 0.15) is 20.8 Å². The molecule has 0 bridgehead atoms. The van der Waals surface area contributed by atoms with Gasteiger partial charge in [-0.3, -0.25) is 9.59 Å². The highest BCUT2D eigenvalue weighted by atomic mass is 16.6. The first-order chi connectivity index (χ1) is 4.54. The molecule has 0 radical (unpaired) electrons. The Balaban J connectivity index is 0. The van der Waals surface area contributed by atoms with Gasteiger partial charge in [0.2, 0.25) is 0 Å². The zero-order valence-electron chi connectivity index (χ0n) is 6.38. The number of hydrogen-bond acceptors (Lipinski definition) is 4. The van der Waals surface area contributed by atoms with Crippen LogP contribution in [0, 0.1) is 0 Å². The van der Waals surface area contributed by atoms with Gasteiger partial charge in [-0.05, 0) is 6.92 Å². The summed E-state index contributed by atoms with van der Waals surface area (Å²) in [5.41, 5.74) is 0. The van der Waals surface area contributed by atoms with Crippen LogP contribution in [0.2, 0.25) is 0 Å². The number of hydrogen-bond donors (Lipinski definition) is 1. The van der Waals surface area contributed by atoms with Crippen molar-refractivity contribution in [3.8, 4) is 0 Å². The fourth-order valence-electron chi connectivity index (χ4n) is 0.202. The Hall–Kier alpha value is -0.900. The van der Waals surface area contributed by atoms with Gasteiger partial charge in [0, 0.05) is 20.5 Å². The first-order valence-corrected chi connectivity index (χ1v) is 2.84. The van der Waals surface area contributed by atoms with Gasteiger partial charge in [-0.1, -0.05) is 0 Å². The Morgan fingerprint density at radius 3 is 1.50 bits per heavy atom. The van der Waals surface area contributed by atoms with Crippen LogP contribution in [-0.4, -0.2) is 23.7 Å². The standard InChI is InChI=1S/C4H6O3.C2H6O/c1-3(5)7-4(2)6;1-2-3/h1-2H3;3H,2H2,1H3. The van der Waals surface area contributed by atoms with Gasteiger partial charge in [-0.15, -0.1) is 0 Å². The molecule has 0 fully saturated rings. The maximum atomic E-state index is 9.81. The van der Waals surface area contributed by atoms with E-state index in [1.54, 1.807) is 6.92 Å². The lowest BCUT2D eigenvalue weighted by Crippen LogP contribution is -2.03. The summed E-state index contributed by atoms with van der Waals surface area (Å²) in [4.78, 5) is 19.6. The van der Waals surface area contributed by atoms with E-state index in [4.69, 9.17) is 5.11 Å². The molecule has 0 amide bonds. The highest BCUT2D eigenvalue weighted by Crippen LogP contribution is 1.73. The largest absolute Gasteiger partial charge is 0.397 e. The van der Waals surface area contributed by atoms with Crippen molar-refractivity contribution < 1.29 is 19.4 Å². The molecular formula is C6H12O4. The molecule has 0 unspecified atom stereocenters. The molecule has 4 heteroatoms. The van der Waals surface area contributed by atoms with E-state index in [-0.39, 0.29) is 6.61 Å². The average Bonchev–Trinajstić information content (AvgIpc) is 1.62. The van der Waals surface area contributed by atoms with E-state index in [9.17, 15) is 9.59 Å². The van der Waals surface area contributed by atoms with Crippen LogP contribution in [0.3, 0.4) is 0 Å². The van der Waals surface area contributed by atoms with Crippen LogP contribution in [0.5, 0.6) is 0 Å². The summed E-state index contributed by atoms with van der Waals surface area (Å²) in [6, 6.07) is 0. The summed E-state index contributed by atoms with van der Waals surface area (Å²) in [7, 11) is 0. The molecule has 0 aliphatic rings. The Labute approximate surface area is 59.8 Å². The number of carbonyl (C=O) groups is 2. The van der Waals surface area contributed by atoms with E-state index < -0.39 is 11.9 Å². The molecule has 0 aliphatic heterocycles. The molecule has 0 spiro atoms. The van der Waals surface area contributed by atoms with Crippen molar-refractivity contribution in [2.24, 2.45) is 0 Å². The molecule has 4 nitrogen and oxygen atoms in total. The number of ether oxygens (including phenoxy) is 1. The number of aliphatic hydroxyl groups excluding tert-OH is 1. The summed E-state index contributed by atoms with van der Waals surface area (Å²) >= 11 is 0. The van der Waals surface area contributed by atoms with Gasteiger partial charge >= 0.3 is 11.9 Å². The second-order valence-electron chi connectivity index (χ2n) is 1.40. The van der Waals surface area contributed by atoms with Crippen LogP contribution >= 0.6 is 0 Å². The quantitative estimate of drug-likeness (QED) is 0.390. The first kappa shape index (κ1) is 11.8. The maximum absolute atomic E-state index is 9.81. The Kier molecular flexibility index (Phi) is 9.59. The van der Waals surface area contributed by atoms with Crippen LogP contribution in [0.15, 0.2) is 0 Å². The highest BCUT2D eigenvalue weighted by molar-refractivity contribution is 5.82. The summed E-state index contributed by atoms with van der Waals surface area (Å²) in [5, 5.41) is 7.57. The Morgan fingerprint density at radius 1 is 1.30 bits per heavy atom.